The van der Waals surface area contributed by atoms with E-state index < -0.39 is 0 Å². The number of anilines is 1. The molecule has 1 aliphatic heterocycles. The van der Waals surface area contributed by atoms with Crippen LogP contribution in [0.4, 0.5) is 5.95 Å². The van der Waals surface area contributed by atoms with E-state index in [1.807, 2.05) is 0 Å². The Morgan fingerprint density at radius 3 is 3.05 bits per heavy atom. The number of esters is 1. The molecule has 0 aliphatic carbocycles. The van der Waals surface area contributed by atoms with Crippen LogP contribution in [0.2, 0.25) is 0 Å². The van der Waals surface area contributed by atoms with Crippen LogP contribution in [-0.4, -0.2) is 34.1 Å². The monoisotopic (exact) mass is 304 g/mol. The number of rotatable bonds is 4. The number of aromatic nitrogens is 3. The predicted octanol–water partition coefficient (Wildman–Crippen LogP) is 2.45. The molecular formula is C14H16N4O2S. The summed E-state index contributed by atoms with van der Waals surface area (Å²) < 4.78 is 4.98. The highest BCUT2D eigenvalue weighted by Crippen LogP contribution is 2.35. The van der Waals surface area contributed by atoms with E-state index in [0.29, 0.717) is 18.2 Å². The first-order valence-electron chi connectivity index (χ1n) is 6.95. The van der Waals surface area contributed by atoms with Gasteiger partial charge in [0.1, 0.15) is 5.01 Å². The van der Waals surface area contributed by atoms with Crippen molar-refractivity contribution in [1.29, 1.82) is 0 Å². The Labute approximate surface area is 126 Å². The molecule has 1 aliphatic rings. The maximum atomic E-state index is 11.7. The summed E-state index contributed by atoms with van der Waals surface area (Å²) in [5, 5.41) is 2.68. The van der Waals surface area contributed by atoms with Crippen LogP contribution in [0, 0.1) is 0 Å². The SMILES string of the molecule is CCOC(=O)c1csc([C@H]2CCCN2c2ncccn2)n1. The number of thiazole rings is 1. The number of hydrogen-bond acceptors (Lipinski definition) is 7. The molecule has 3 heterocycles. The van der Waals surface area contributed by atoms with Crippen molar-refractivity contribution in [3.05, 3.63) is 34.5 Å². The van der Waals surface area contributed by atoms with Crippen LogP contribution < -0.4 is 4.90 Å². The zero-order valence-corrected chi connectivity index (χ0v) is 12.5. The standard InChI is InChI=1S/C14H16N4O2S/c1-2-20-13(19)10-9-21-12(17-10)11-5-3-8-18(11)14-15-6-4-7-16-14/h4,6-7,9,11H,2-3,5,8H2,1H3/t11-/m1/s1. The molecular weight excluding hydrogens is 288 g/mol. The van der Waals surface area contributed by atoms with Gasteiger partial charge in [0.2, 0.25) is 5.95 Å². The first kappa shape index (κ1) is 13.9. The third-order valence-electron chi connectivity index (χ3n) is 3.35. The van der Waals surface area contributed by atoms with Gasteiger partial charge in [-0.15, -0.1) is 11.3 Å². The van der Waals surface area contributed by atoms with Crippen LogP contribution in [-0.2, 0) is 4.74 Å². The van der Waals surface area contributed by atoms with E-state index in [-0.39, 0.29) is 12.0 Å². The molecule has 2 aromatic rings. The molecule has 6 nitrogen and oxygen atoms in total. The maximum absolute atomic E-state index is 11.7. The van der Waals surface area contributed by atoms with Gasteiger partial charge in [-0.3, -0.25) is 0 Å². The first-order valence-corrected chi connectivity index (χ1v) is 7.83. The molecule has 1 fully saturated rings. The minimum atomic E-state index is -0.361. The molecule has 0 radical (unpaired) electrons. The van der Waals surface area contributed by atoms with Gasteiger partial charge in [-0.1, -0.05) is 0 Å². The minimum absolute atomic E-state index is 0.139. The summed E-state index contributed by atoms with van der Waals surface area (Å²) in [7, 11) is 0. The van der Waals surface area contributed by atoms with Crippen LogP contribution >= 0.6 is 11.3 Å². The second-order valence-corrected chi connectivity index (χ2v) is 5.58. The number of carbonyl (C=O) groups excluding carboxylic acids is 1. The molecule has 0 N–H and O–H groups in total. The van der Waals surface area contributed by atoms with Gasteiger partial charge in [0, 0.05) is 24.3 Å². The van der Waals surface area contributed by atoms with Crippen LogP contribution in [0.1, 0.15) is 41.3 Å². The quantitative estimate of drug-likeness (QED) is 0.808. The van der Waals surface area contributed by atoms with E-state index in [0.717, 1.165) is 24.4 Å². The second kappa shape index (κ2) is 6.17. The lowest BCUT2D eigenvalue weighted by molar-refractivity contribution is 0.0520. The second-order valence-electron chi connectivity index (χ2n) is 4.69. The molecule has 110 valence electrons. The summed E-state index contributed by atoms with van der Waals surface area (Å²) >= 11 is 1.49. The molecule has 0 bridgehead atoms. The fraction of sp³-hybridized carbons (Fsp3) is 0.429. The van der Waals surface area contributed by atoms with Crippen molar-refractivity contribution in [2.75, 3.05) is 18.1 Å². The highest BCUT2D eigenvalue weighted by atomic mass is 32.1. The van der Waals surface area contributed by atoms with Gasteiger partial charge in [-0.2, -0.15) is 0 Å². The Hall–Kier alpha value is -2.02. The Morgan fingerprint density at radius 1 is 1.48 bits per heavy atom. The molecule has 0 saturated carbocycles. The zero-order chi connectivity index (χ0) is 14.7. The van der Waals surface area contributed by atoms with E-state index in [1.54, 1.807) is 30.8 Å². The average Bonchev–Trinajstić information content (AvgIpc) is 3.17. The van der Waals surface area contributed by atoms with Crippen molar-refractivity contribution in [3.63, 3.8) is 0 Å². The van der Waals surface area contributed by atoms with Crippen molar-refractivity contribution >= 4 is 23.3 Å². The van der Waals surface area contributed by atoms with Gasteiger partial charge in [0.25, 0.3) is 0 Å². The lowest BCUT2D eigenvalue weighted by Gasteiger charge is -2.22. The molecule has 0 amide bonds. The van der Waals surface area contributed by atoms with Crippen LogP contribution in [0.5, 0.6) is 0 Å². The van der Waals surface area contributed by atoms with E-state index in [1.165, 1.54) is 11.3 Å². The van der Waals surface area contributed by atoms with Crippen molar-refractivity contribution in [3.8, 4) is 0 Å². The molecule has 0 aromatic carbocycles. The average molecular weight is 304 g/mol. The van der Waals surface area contributed by atoms with Crippen molar-refractivity contribution in [2.24, 2.45) is 0 Å². The molecule has 1 saturated heterocycles. The normalized spacial score (nSPS) is 18.0. The number of nitrogens with zero attached hydrogens (tertiary/aromatic N) is 4. The third kappa shape index (κ3) is 2.87. The van der Waals surface area contributed by atoms with Crippen LogP contribution in [0.3, 0.4) is 0 Å². The largest absolute Gasteiger partial charge is 0.461 e. The Balaban J connectivity index is 1.81. The van der Waals surface area contributed by atoms with Crippen molar-refractivity contribution < 1.29 is 9.53 Å². The van der Waals surface area contributed by atoms with Crippen LogP contribution in [0.15, 0.2) is 23.8 Å². The number of hydrogen-bond donors (Lipinski definition) is 0. The summed E-state index contributed by atoms with van der Waals surface area (Å²) in [6.45, 7) is 3.05. The molecule has 0 unspecified atom stereocenters. The van der Waals surface area contributed by atoms with Crippen molar-refractivity contribution in [2.45, 2.75) is 25.8 Å². The third-order valence-corrected chi connectivity index (χ3v) is 4.30. The topological polar surface area (TPSA) is 68.2 Å². The molecule has 7 heteroatoms. The molecule has 3 rings (SSSR count). The highest BCUT2D eigenvalue weighted by molar-refractivity contribution is 7.09. The van der Waals surface area contributed by atoms with Gasteiger partial charge in [0.15, 0.2) is 5.69 Å². The summed E-state index contributed by atoms with van der Waals surface area (Å²) in [5.41, 5.74) is 0.387. The van der Waals surface area contributed by atoms with Gasteiger partial charge < -0.3 is 9.64 Å². The molecule has 21 heavy (non-hydrogen) atoms. The van der Waals surface area contributed by atoms with E-state index in [4.69, 9.17) is 4.74 Å². The number of carbonyl (C=O) groups is 1. The fourth-order valence-corrected chi connectivity index (χ4v) is 3.38. The zero-order valence-electron chi connectivity index (χ0n) is 11.7. The summed E-state index contributed by atoms with van der Waals surface area (Å²) in [4.78, 5) is 26.9. The minimum Gasteiger partial charge on any atom is -0.461 e. The van der Waals surface area contributed by atoms with E-state index in [9.17, 15) is 4.79 Å². The maximum Gasteiger partial charge on any atom is 0.357 e. The Bertz CT molecular complexity index is 616. The van der Waals surface area contributed by atoms with E-state index in [2.05, 4.69) is 19.9 Å². The molecule has 2 aromatic heterocycles. The fourth-order valence-electron chi connectivity index (χ4n) is 2.44. The predicted molar refractivity (Wildman–Crippen MR) is 79.4 cm³/mol. The van der Waals surface area contributed by atoms with Crippen molar-refractivity contribution in [1.82, 2.24) is 15.0 Å². The molecule has 1 atom stereocenters. The van der Waals surface area contributed by atoms with Gasteiger partial charge >= 0.3 is 5.97 Å². The van der Waals surface area contributed by atoms with Gasteiger partial charge in [-0.25, -0.2) is 19.7 Å². The summed E-state index contributed by atoms with van der Waals surface area (Å²) in [6, 6.07) is 1.94. The lowest BCUT2D eigenvalue weighted by atomic mass is 10.2. The summed E-state index contributed by atoms with van der Waals surface area (Å²) in [6.07, 6.45) is 5.54. The number of ether oxygens (including phenoxy) is 1. The smallest absolute Gasteiger partial charge is 0.357 e. The molecule has 0 spiro atoms. The Kier molecular flexibility index (Phi) is 4.10. The Morgan fingerprint density at radius 2 is 2.29 bits per heavy atom. The van der Waals surface area contributed by atoms with E-state index >= 15 is 0 Å². The van der Waals surface area contributed by atoms with Gasteiger partial charge in [-0.05, 0) is 25.8 Å². The van der Waals surface area contributed by atoms with Crippen LogP contribution in [0.25, 0.3) is 0 Å². The summed E-state index contributed by atoms with van der Waals surface area (Å²) in [5.74, 6) is 0.355. The lowest BCUT2D eigenvalue weighted by Crippen LogP contribution is -2.24. The highest BCUT2D eigenvalue weighted by Gasteiger charge is 2.30. The van der Waals surface area contributed by atoms with Gasteiger partial charge in [0.05, 0.1) is 12.6 Å². The first-order chi connectivity index (χ1) is 10.3.